The van der Waals surface area contributed by atoms with Crippen molar-refractivity contribution in [2.24, 2.45) is 0 Å². The number of ether oxygens (including phenoxy) is 1. The average molecular weight is 476 g/mol. The van der Waals surface area contributed by atoms with Crippen LogP contribution in [0.25, 0.3) is 10.9 Å². The summed E-state index contributed by atoms with van der Waals surface area (Å²) >= 11 is 0. The third-order valence-electron chi connectivity index (χ3n) is 5.76. The second-order valence-electron chi connectivity index (χ2n) is 8.11. The van der Waals surface area contributed by atoms with Crippen molar-refractivity contribution in [1.29, 1.82) is 0 Å². The molecule has 0 radical (unpaired) electrons. The lowest BCUT2D eigenvalue weighted by molar-refractivity contribution is -0.214. The Morgan fingerprint density at radius 2 is 1.88 bits per heavy atom. The fourth-order valence-electron chi connectivity index (χ4n) is 3.76. The van der Waals surface area contributed by atoms with Crippen molar-refractivity contribution in [3.05, 3.63) is 29.5 Å². The number of rotatable bonds is 2. The maximum Gasteiger partial charge on any atom is 0.152 e. The molecule has 2 aliphatic heterocycles. The van der Waals surface area contributed by atoms with Gasteiger partial charge < -0.3 is 25.2 Å². The van der Waals surface area contributed by atoms with Gasteiger partial charge in [0.2, 0.25) is 0 Å². The topological polar surface area (TPSA) is 156 Å². The van der Waals surface area contributed by atoms with Gasteiger partial charge in [-0.3, -0.25) is 10.00 Å². The Kier molecular flexibility index (Phi) is 7.02. The molecule has 2 aromatic rings. The van der Waals surface area contributed by atoms with Gasteiger partial charge in [0.05, 0.1) is 41.9 Å². The SMILES string of the molecule is O=S1(=O)CCN(CC#Cc2cc(C#C[C@H]3O[C@H](CO)[C@@H](O)[C@H](O)[C@@H]3O)c3[nH]ncc3c2)CC1. The molecule has 176 valence electrons. The molecule has 0 saturated carbocycles. The van der Waals surface area contributed by atoms with Gasteiger partial charge in [-0.15, -0.1) is 0 Å². The highest BCUT2D eigenvalue weighted by Crippen LogP contribution is 2.22. The number of nitrogens with zero attached hydrogens (tertiary/aromatic N) is 2. The highest BCUT2D eigenvalue weighted by molar-refractivity contribution is 7.91. The summed E-state index contributed by atoms with van der Waals surface area (Å²) in [7, 11) is -2.93. The Hall–Kier alpha value is -2.48. The third kappa shape index (κ3) is 5.37. The first-order valence-electron chi connectivity index (χ1n) is 10.5. The van der Waals surface area contributed by atoms with Crippen molar-refractivity contribution < 1.29 is 33.6 Å². The zero-order chi connectivity index (χ0) is 23.6. The lowest BCUT2D eigenvalue weighted by atomic mass is 9.95. The van der Waals surface area contributed by atoms with Gasteiger partial charge in [0.25, 0.3) is 0 Å². The number of fused-ring (bicyclic) bond motifs is 1. The van der Waals surface area contributed by atoms with Crippen LogP contribution in [0.2, 0.25) is 0 Å². The quantitative estimate of drug-likeness (QED) is 0.305. The smallest absolute Gasteiger partial charge is 0.152 e. The van der Waals surface area contributed by atoms with Crippen molar-refractivity contribution in [1.82, 2.24) is 15.1 Å². The van der Waals surface area contributed by atoms with Crippen LogP contribution in [0.1, 0.15) is 11.1 Å². The third-order valence-corrected chi connectivity index (χ3v) is 7.37. The predicted octanol–water partition coefficient (Wildman–Crippen LogP) is -2.16. The minimum atomic E-state index is -2.93. The van der Waals surface area contributed by atoms with Gasteiger partial charge in [-0.05, 0) is 12.1 Å². The van der Waals surface area contributed by atoms with Crippen LogP contribution in [0, 0.1) is 23.7 Å². The Morgan fingerprint density at radius 1 is 1.12 bits per heavy atom. The van der Waals surface area contributed by atoms with Crippen molar-refractivity contribution in [3.8, 4) is 23.7 Å². The Labute approximate surface area is 191 Å². The van der Waals surface area contributed by atoms with Gasteiger partial charge in [0, 0.05) is 24.0 Å². The van der Waals surface area contributed by atoms with E-state index in [2.05, 4.69) is 33.9 Å². The summed E-state index contributed by atoms with van der Waals surface area (Å²) in [4.78, 5) is 1.99. The molecule has 0 aliphatic carbocycles. The molecular weight excluding hydrogens is 450 g/mol. The number of hydrogen-bond donors (Lipinski definition) is 5. The molecule has 2 saturated heterocycles. The maximum absolute atomic E-state index is 11.5. The van der Waals surface area contributed by atoms with Gasteiger partial charge in [0.1, 0.15) is 30.5 Å². The number of benzene rings is 1. The molecule has 0 amide bonds. The van der Waals surface area contributed by atoms with E-state index in [4.69, 9.17) is 4.74 Å². The fraction of sp³-hybridized carbons (Fsp3) is 0.500. The Morgan fingerprint density at radius 3 is 2.61 bits per heavy atom. The summed E-state index contributed by atoms with van der Waals surface area (Å²) in [5, 5.41) is 47.1. The molecule has 2 aliphatic rings. The summed E-state index contributed by atoms with van der Waals surface area (Å²) in [5.74, 6) is 12.1. The van der Waals surface area contributed by atoms with E-state index >= 15 is 0 Å². The van der Waals surface area contributed by atoms with Gasteiger partial charge in [0.15, 0.2) is 9.84 Å². The second-order valence-corrected chi connectivity index (χ2v) is 10.4. The van der Waals surface area contributed by atoms with Gasteiger partial charge in [-0.25, -0.2) is 8.42 Å². The van der Waals surface area contributed by atoms with Crippen LogP contribution in [-0.4, -0.2) is 112 Å². The molecule has 33 heavy (non-hydrogen) atoms. The zero-order valence-corrected chi connectivity index (χ0v) is 18.5. The average Bonchev–Trinajstić information content (AvgIpc) is 3.27. The first-order valence-corrected chi connectivity index (χ1v) is 12.3. The van der Waals surface area contributed by atoms with Crippen molar-refractivity contribution >= 4 is 20.7 Å². The Bertz CT molecular complexity index is 1220. The number of sulfone groups is 1. The molecule has 5 atom stereocenters. The van der Waals surface area contributed by atoms with E-state index in [1.54, 1.807) is 12.3 Å². The van der Waals surface area contributed by atoms with Crippen molar-refractivity contribution in [3.63, 3.8) is 0 Å². The van der Waals surface area contributed by atoms with Gasteiger partial charge >= 0.3 is 0 Å². The summed E-state index contributed by atoms with van der Waals surface area (Å²) in [5.41, 5.74) is 1.90. The Balaban J connectivity index is 1.54. The van der Waals surface area contributed by atoms with E-state index in [-0.39, 0.29) is 11.5 Å². The first-order chi connectivity index (χ1) is 15.8. The first kappa shape index (κ1) is 23.7. The molecule has 0 spiro atoms. The number of aliphatic hydroxyl groups excluding tert-OH is 4. The fourth-order valence-corrected chi connectivity index (χ4v) is 5.04. The van der Waals surface area contributed by atoms with E-state index < -0.39 is 47.0 Å². The summed E-state index contributed by atoms with van der Waals surface area (Å²) in [6.07, 6.45) is -4.88. The summed E-state index contributed by atoms with van der Waals surface area (Å²) in [6, 6.07) is 3.61. The second kappa shape index (κ2) is 9.79. The van der Waals surface area contributed by atoms with Crippen LogP contribution < -0.4 is 0 Å². The van der Waals surface area contributed by atoms with E-state index in [0.29, 0.717) is 36.3 Å². The molecule has 2 fully saturated rings. The van der Waals surface area contributed by atoms with Crippen LogP contribution in [0.5, 0.6) is 0 Å². The number of nitrogens with one attached hydrogen (secondary N) is 1. The van der Waals surface area contributed by atoms with Gasteiger partial charge in [-0.1, -0.05) is 23.7 Å². The number of aliphatic hydroxyl groups is 4. The van der Waals surface area contributed by atoms with E-state index in [9.17, 15) is 28.8 Å². The molecule has 1 aromatic carbocycles. The largest absolute Gasteiger partial charge is 0.394 e. The van der Waals surface area contributed by atoms with Crippen LogP contribution in [0.15, 0.2) is 18.3 Å². The van der Waals surface area contributed by atoms with E-state index in [1.165, 1.54) is 0 Å². The molecule has 0 bridgehead atoms. The predicted molar refractivity (Wildman–Crippen MR) is 119 cm³/mol. The molecule has 5 N–H and O–H groups in total. The number of aromatic amines is 1. The maximum atomic E-state index is 11.5. The van der Waals surface area contributed by atoms with Crippen LogP contribution in [0.4, 0.5) is 0 Å². The molecular formula is C22H25N3O7S. The minimum Gasteiger partial charge on any atom is -0.394 e. The molecule has 11 heteroatoms. The van der Waals surface area contributed by atoms with E-state index in [1.807, 2.05) is 11.0 Å². The standard InChI is InChI=1S/C22H25N3O7S/c26-13-18-21(28)22(29)20(27)17(32-18)4-3-15-10-14(11-16-12-23-24-19(15)16)2-1-5-25-6-8-33(30,31)9-7-25/h10-12,17-18,20-22,26-29H,5-9,13H2,(H,23,24)/t17-,18-,20-,21-,22-/m1/s1. The normalized spacial score (nSPS) is 29.6. The van der Waals surface area contributed by atoms with Crippen LogP contribution in [-0.2, 0) is 14.6 Å². The lowest BCUT2D eigenvalue weighted by Crippen LogP contribution is -2.58. The number of H-pyrrole nitrogens is 1. The molecule has 10 nitrogen and oxygen atoms in total. The molecule has 3 heterocycles. The minimum absolute atomic E-state index is 0.146. The monoisotopic (exact) mass is 475 g/mol. The highest BCUT2D eigenvalue weighted by atomic mass is 32.2. The molecule has 1 aromatic heterocycles. The van der Waals surface area contributed by atoms with Gasteiger partial charge in [-0.2, -0.15) is 5.10 Å². The zero-order valence-electron chi connectivity index (χ0n) is 17.7. The summed E-state index contributed by atoms with van der Waals surface area (Å²) < 4.78 is 28.5. The van der Waals surface area contributed by atoms with Crippen LogP contribution >= 0.6 is 0 Å². The molecule has 4 rings (SSSR count). The van der Waals surface area contributed by atoms with Crippen molar-refractivity contribution in [2.75, 3.05) is 37.7 Å². The van der Waals surface area contributed by atoms with Crippen molar-refractivity contribution in [2.45, 2.75) is 30.5 Å². The summed E-state index contributed by atoms with van der Waals surface area (Å²) in [6.45, 7) is 0.855. The van der Waals surface area contributed by atoms with E-state index in [0.717, 1.165) is 5.39 Å². The highest BCUT2D eigenvalue weighted by Gasteiger charge is 2.42. The number of hydrogen-bond acceptors (Lipinski definition) is 9. The molecule has 0 unspecified atom stereocenters. The lowest BCUT2D eigenvalue weighted by Gasteiger charge is -2.37. The number of aromatic nitrogens is 2. The van der Waals surface area contributed by atoms with Crippen LogP contribution in [0.3, 0.4) is 0 Å².